The maximum absolute atomic E-state index is 13.7. The van der Waals surface area contributed by atoms with Gasteiger partial charge >= 0.3 is 5.97 Å². The first-order valence-electron chi connectivity index (χ1n) is 9.92. The second-order valence-corrected chi connectivity index (χ2v) is 8.23. The molecule has 0 atom stereocenters. The first-order chi connectivity index (χ1) is 14.4. The summed E-state index contributed by atoms with van der Waals surface area (Å²) >= 11 is 0. The van der Waals surface area contributed by atoms with Crippen molar-refractivity contribution >= 4 is 5.97 Å². The van der Waals surface area contributed by atoms with E-state index in [0.29, 0.717) is 55.0 Å². The predicted molar refractivity (Wildman–Crippen MR) is 110 cm³/mol. The van der Waals surface area contributed by atoms with Crippen LogP contribution in [0.2, 0.25) is 0 Å². The highest BCUT2D eigenvalue weighted by atomic mass is 19.1. The second-order valence-electron chi connectivity index (χ2n) is 8.23. The van der Waals surface area contributed by atoms with Crippen molar-refractivity contribution in [2.24, 2.45) is 12.8 Å². The molecule has 154 valence electrons. The molecule has 3 heterocycles. The van der Waals surface area contributed by atoms with Crippen LogP contribution in [0.15, 0.2) is 30.5 Å². The molecule has 1 saturated heterocycles. The fourth-order valence-electron chi connectivity index (χ4n) is 4.53. The quantitative estimate of drug-likeness (QED) is 0.610. The molecule has 1 aromatic carbocycles. The number of fused-ring (bicyclic) bond motifs is 3. The Labute approximate surface area is 172 Å². The highest BCUT2D eigenvalue weighted by molar-refractivity contribution is 5.94. The van der Waals surface area contributed by atoms with E-state index in [9.17, 15) is 14.3 Å². The highest BCUT2D eigenvalue weighted by Gasteiger charge is 2.38. The number of hydrogen-bond donors (Lipinski definition) is 3. The van der Waals surface area contributed by atoms with Crippen LogP contribution >= 0.6 is 0 Å². The first-order valence-corrected chi connectivity index (χ1v) is 9.92. The summed E-state index contributed by atoms with van der Waals surface area (Å²) in [4.78, 5) is 21.3. The van der Waals surface area contributed by atoms with Gasteiger partial charge in [0.2, 0.25) is 0 Å². The number of carbonyl (C=O) groups is 1. The Morgan fingerprint density at radius 2 is 2.17 bits per heavy atom. The molecule has 0 saturated carbocycles. The van der Waals surface area contributed by atoms with Crippen LogP contribution in [0.4, 0.5) is 4.39 Å². The van der Waals surface area contributed by atoms with Gasteiger partial charge in [-0.2, -0.15) is 0 Å². The Kier molecular flexibility index (Phi) is 4.23. The SMILES string of the molecule is Cn1c(CC2(N)CNC2)c(C(=O)O)c2c1-c1nc(-c3cccc(F)c3)ncc1CC2. The molecular formula is C22H22FN5O2. The minimum atomic E-state index is -0.944. The van der Waals surface area contributed by atoms with E-state index in [1.807, 2.05) is 11.6 Å². The maximum Gasteiger partial charge on any atom is 0.337 e. The van der Waals surface area contributed by atoms with Crippen LogP contribution in [-0.4, -0.2) is 44.2 Å². The van der Waals surface area contributed by atoms with Gasteiger partial charge in [-0.15, -0.1) is 0 Å². The van der Waals surface area contributed by atoms with Crippen molar-refractivity contribution in [3.05, 3.63) is 58.7 Å². The Morgan fingerprint density at radius 1 is 1.37 bits per heavy atom. The van der Waals surface area contributed by atoms with Gasteiger partial charge in [-0.25, -0.2) is 19.2 Å². The van der Waals surface area contributed by atoms with Gasteiger partial charge < -0.3 is 20.7 Å². The Bertz CT molecular complexity index is 1180. The maximum atomic E-state index is 13.7. The lowest BCUT2D eigenvalue weighted by molar-refractivity contribution is 0.0693. The van der Waals surface area contributed by atoms with Gasteiger partial charge in [0.15, 0.2) is 5.82 Å². The summed E-state index contributed by atoms with van der Waals surface area (Å²) in [5, 5.41) is 13.2. The minimum absolute atomic E-state index is 0.334. The molecule has 1 fully saturated rings. The fourth-order valence-corrected chi connectivity index (χ4v) is 4.53. The molecule has 0 radical (unpaired) electrons. The summed E-state index contributed by atoms with van der Waals surface area (Å²) in [7, 11) is 1.87. The molecule has 30 heavy (non-hydrogen) atoms. The molecule has 0 bridgehead atoms. The van der Waals surface area contributed by atoms with E-state index in [0.717, 1.165) is 22.5 Å². The number of carboxylic acid groups (broad SMARTS) is 1. The molecular weight excluding hydrogens is 385 g/mol. The largest absolute Gasteiger partial charge is 0.478 e. The van der Waals surface area contributed by atoms with Gasteiger partial charge in [0.25, 0.3) is 0 Å². The molecule has 0 spiro atoms. The highest BCUT2D eigenvalue weighted by Crippen LogP contribution is 2.39. The lowest BCUT2D eigenvalue weighted by Gasteiger charge is -2.39. The van der Waals surface area contributed by atoms with Crippen molar-refractivity contribution < 1.29 is 14.3 Å². The van der Waals surface area contributed by atoms with E-state index in [4.69, 9.17) is 10.7 Å². The number of halogens is 1. The van der Waals surface area contributed by atoms with Gasteiger partial charge in [0.05, 0.1) is 17.0 Å². The lowest BCUT2D eigenvalue weighted by Crippen LogP contribution is -2.67. The van der Waals surface area contributed by atoms with E-state index in [-0.39, 0.29) is 5.82 Å². The van der Waals surface area contributed by atoms with Crippen molar-refractivity contribution in [1.29, 1.82) is 0 Å². The smallest absolute Gasteiger partial charge is 0.337 e. The molecule has 7 nitrogen and oxygen atoms in total. The zero-order valence-electron chi connectivity index (χ0n) is 16.6. The molecule has 5 rings (SSSR count). The number of nitrogens with two attached hydrogens (primary N) is 1. The van der Waals surface area contributed by atoms with Crippen LogP contribution in [0.3, 0.4) is 0 Å². The first kappa shape index (κ1) is 18.9. The van der Waals surface area contributed by atoms with Crippen molar-refractivity contribution in [1.82, 2.24) is 19.9 Å². The van der Waals surface area contributed by atoms with Crippen LogP contribution in [0.1, 0.15) is 27.2 Å². The summed E-state index contributed by atoms with van der Waals surface area (Å²) in [6.45, 7) is 1.31. The number of nitrogens with one attached hydrogen (secondary N) is 1. The summed E-state index contributed by atoms with van der Waals surface area (Å²) < 4.78 is 15.6. The van der Waals surface area contributed by atoms with Crippen molar-refractivity contribution in [3.8, 4) is 22.8 Å². The zero-order chi connectivity index (χ0) is 21.0. The number of rotatable bonds is 4. The second kappa shape index (κ2) is 6.72. The zero-order valence-corrected chi connectivity index (χ0v) is 16.6. The number of nitrogens with zero attached hydrogens (tertiary/aromatic N) is 3. The van der Waals surface area contributed by atoms with Crippen molar-refractivity contribution in [2.75, 3.05) is 13.1 Å². The number of hydrogen-bond acceptors (Lipinski definition) is 5. The van der Waals surface area contributed by atoms with E-state index in [1.165, 1.54) is 12.1 Å². The summed E-state index contributed by atoms with van der Waals surface area (Å²) in [6.07, 6.45) is 3.50. The third kappa shape index (κ3) is 2.91. The average molecular weight is 407 g/mol. The van der Waals surface area contributed by atoms with E-state index < -0.39 is 11.5 Å². The molecule has 0 unspecified atom stereocenters. The number of aromatic nitrogens is 3. The van der Waals surface area contributed by atoms with Gasteiger partial charge in [0, 0.05) is 49.6 Å². The van der Waals surface area contributed by atoms with Crippen LogP contribution in [-0.2, 0) is 26.3 Å². The standard InChI is InChI=1S/C22H22FN5O2/c1-28-16(8-22(24)10-25-11-22)17(21(29)30)15-6-5-13-9-26-20(27-18(13)19(15)28)12-3-2-4-14(23)7-12/h2-4,7,9,25H,5-6,8,10-11,24H2,1H3,(H,29,30). The topological polar surface area (TPSA) is 106 Å². The predicted octanol–water partition coefficient (Wildman–Crippen LogP) is 1.93. The van der Waals surface area contributed by atoms with Gasteiger partial charge in [-0.05, 0) is 36.1 Å². The summed E-state index contributed by atoms with van der Waals surface area (Å²) in [5.74, 6) is -0.883. The normalized spacial score (nSPS) is 16.5. The van der Waals surface area contributed by atoms with Crippen molar-refractivity contribution in [2.45, 2.75) is 24.8 Å². The average Bonchev–Trinajstić information content (AvgIpc) is 2.98. The van der Waals surface area contributed by atoms with E-state index in [2.05, 4.69) is 10.3 Å². The summed E-state index contributed by atoms with van der Waals surface area (Å²) in [5.41, 5.74) is 10.8. The number of benzene rings is 1. The van der Waals surface area contributed by atoms with Gasteiger partial charge in [0.1, 0.15) is 5.82 Å². The minimum Gasteiger partial charge on any atom is -0.478 e. The van der Waals surface area contributed by atoms with E-state index in [1.54, 1.807) is 18.3 Å². The van der Waals surface area contributed by atoms with Crippen LogP contribution in [0, 0.1) is 5.82 Å². The fraction of sp³-hybridized carbons (Fsp3) is 0.318. The monoisotopic (exact) mass is 407 g/mol. The molecule has 1 aliphatic carbocycles. The third-order valence-electron chi connectivity index (χ3n) is 6.12. The molecule has 1 aliphatic heterocycles. The summed E-state index contributed by atoms with van der Waals surface area (Å²) in [6, 6.07) is 6.15. The Balaban J connectivity index is 1.68. The number of carboxylic acids is 1. The molecule has 8 heteroatoms. The Hall–Kier alpha value is -3.10. The molecule has 3 aromatic rings. The number of aromatic carboxylic acids is 1. The molecule has 0 amide bonds. The van der Waals surface area contributed by atoms with Crippen molar-refractivity contribution in [3.63, 3.8) is 0 Å². The third-order valence-corrected chi connectivity index (χ3v) is 6.12. The Morgan fingerprint density at radius 3 is 2.83 bits per heavy atom. The van der Waals surface area contributed by atoms with Crippen LogP contribution in [0.25, 0.3) is 22.8 Å². The molecule has 2 aliphatic rings. The van der Waals surface area contributed by atoms with Crippen LogP contribution in [0.5, 0.6) is 0 Å². The number of aryl methyl sites for hydroxylation is 1. The molecule has 2 aromatic heterocycles. The lowest BCUT2D eigenvalue weighted by atomic mass is 9.86. The van der Waals surface area contributed by atoms with Gasteiger partial charge in [-0.1, -0.05) is 12.1 Å². The van der Waals surface area contributed by atoms with Gasteiger partial charge in [-0.3, -0.25) is 0 Å². The molecule has 4 N–H and O–H groups in total. The van der Waals surface area contributed by atoms with E-state index >= 15 is 0 Å². The van der Waals surface area contributed by atoms with Crippen LogP contribution < -0.4 is 11.1 Å².